The van der Waals surface area contributed by atoms with Gasteiger partial charge in [0.25, 0.3) is 0 Å². The molecule has 2 aromatic heterocycles. The molecule has 4 nitrogen and oxygen atoms in total. The molecule has 1 saturated heterocycles. The minimum Gasteiger partial charge on any atom is -0.386 e. The van der Waals surface area contributed by atoms with Gasteiger partial charge in [-0.2, -0.15) is 0 Å². The van der Waals surface area contributed by atoms with Gasteiger partial charge >= 0.3 is 0 Å². The van der Waals surface area contributed by atoms with Crippen LogP contribution in [0.25, 0.3) is 10.2 Å². The zero-order valence-electron chi connectivity index (χ0n) is 9.33. The van der Waals surface area contributed by atoms with Crippen LogP contribution in [0.5, 0.6) is 0 Å². The minimum absolute atomic E-state index is 0.451. The Hall–Kier alpha value is -1.20. The van der Waals surface area contributed by atoms with Crippen LogP contribution in [-0.2, 0) is 0 Å². The van der Waals surface area contributed by atoms with Crippen LogP contribution in [0.4, 0.5) is 5.82 Å². The summed E-state index contributed by atoms with van der Waals surface area (Å²) in [7, 11) is 0. The Bertz CT molecular complexity index is 572. The van der Waals surface area contributed by atoms with E-state index in [4.69, 9.17) is 0 Å². The summed E-state index contributed by atoms with van der Waals surface area (Å²) in [6.07, 6.45) is 3.98. The Morgan fingerprint density at radius 2 is 2.18 bits per heavy atom. The molecule has 2 fully saturated rings. The minimum atomic E-state index is -0.451. The molecule has 5 heteroatoms. The van der Waals surface area contributed by atoms with E-state index in [0.717, 1.165) is 29.1 Å². The highest BCUT2D eigenvalue weighted by Gasteiger charge is 2.52. The molecule has 4 rings (SSSR count). The second kappa shape index (κ2) is 3.17. The molecule has 17 heavy (non-hydrogen) atoms. The average Bonchev–Trinajstić information content (AvgIpc) is 3.03. The van der Waals surface area contributed by atoms with Gasteiger partial charge < -0.3 is 10.0 Å². The second-order valence-electron chi connectivity index (χ2n) is 5.07. The van der Waals surface area contributed by atoms with Crippen LogP contribution in [-0.4, -0.2) is 33.8 Å². The number of hydrogen-bond donors (Lipinski definition) is 1. The third-order valence-corrected chi connectivity index (χ3v) is 4.63. The van der Waals surface area contributed by atoms with Gasteiger partial charge in [-0.1, -0.05) is 0 Å². The predicted molar refractivity (Wildman–Crippen MR) is 67.3 cm³/mol. The Balaban J connectivity index is 1.66. The number of aliphatic hydroxyl groups is 1. The number of rotatable bonds is 2. The molecular formula is C12H13N3OS. The predicted octanol–water partition coefficient (Wildman–Crippen LogP) is 1.65. The van der Waals surface area contributed by atoms with E-state index >= 15 is 0 Å². The Labute approximate surface area is 103 Å². The third-order valence-electron chi connectivity index (χ3n) is 3.81. The van der Waals surface area contributed by atoms with Crippen molar-refractivity contribution in [3.05, 3.63) is 17.8 Å². The van der Waals surface area contributed by atoms with Crippen LogP contribution in [0, 0.1) is 5.92 Å². The number of anilines is 1. The molecule has 88 valence electrons. The maximum Gasteiger partial charge on any atom is 0.140 e. The molecule has 1 aliphatic heterocycles. The lowest BCUT2D eigenvalue weighted by atomic mass is 9.88. The molecule has 0 amide bonds. The first kappa shape index (κ1) is 9.79. The number of nitrogens with zero attached hydrogens (tertiary/aromatic N) is 3. The number of fused-ring (bicyclic) bond motifs is 1. The molecule has 2 aliphatic rings. The van der Waals surface area contributed by atoms with Crippen LogP contribution in [0.2, 0.25) is 0 Å². The van der Waals surface area contributed by atoms with E-state index in [1.807, 2.05) is 5.38 Å². The molecule has 0 unspecified atom stereocenters. The van der Waals surface area contributed by atoms with Gasteiger partial charge in [-0.3, -0.25) is 0 Å². The highest BCUT2D eigenvalue weighted by Crippen LogP contribution is 2.46. The summed E-state index contributed by atoms with van der Waals surface area (Å²) in [4.78, 5) is 11.8. The second-order valence-corrected chi connectivity index (χ2v) is 5.97. The van der Waals surface area contributed by atoms with Crippen molar-refractivity contribution in [1.29, 1.82) is 0 Å². The van der Waals surface area contributed by atoms with Crippen LogP contribution in [0.1, 0.15) is 12.8 Å². The SMILES string of the molecule is OC1(C2CC2)CN(c2ncnc3sccc23)C1. The van der Waals surface area contributed by atoms with Crippen molar-refractivity contribution in [2.24, 2.45) is 5.92 Å². The lowest BCUT2D eigenvalue weighted by molar-refractivity contribution is -0.00957. The molecule has 1 N–H and O–H groups in total. The molecule has 1 aliphatic carbocycles. The Kier molecular flexibility index (Phi) is 1.83. The van der Waals surface area contributed by atoms with Crippen LogP contribution >= 0.6 is 11.3 Å². The summed E-state index contributed by atoms with van der Waals surface area (Å²) in [5.74, 6) is 1.50. The first-order valence-corrected chi connectivity index (χ1v) is 6.80. The number of thiophene rings is 1. The van der Waals surface area contributed by atoms with Crippen molar-refractivity contribution < 1.29 is 5.11 Å². The van der Waals surface area contributed by atoms with E-state index in [2.05, 4.69) is 20.9 Å². The summed E-state index contributed by atoms with van der Waals surface area (Å²) in [6, 6.07) is 2.06. The Morgan fingerprint density at radius 3 is 2.94 bits per heavy atom. The third kappa shape index (κ3) is 1.39. The van der Waals surface area contributed by atoms with Gasteiger partial charge in [-0.25, -0.2) is 9.97 Å². The van der Waals surface area contributed by atoms with Crippen molar-refractivity contribution in [3.8, 4) is 0 Å². The molecule has 0 bridgehead atoms. The van der Waals surface area contributed by atoms with Gasteiger partial charge in [-0.05, 0) is 30.2 Å². The normalized spacial score (nSPS) is 22.8. The summed E-state index contributed by atoms with van der Waals surface area (Å²) in [5, 5.41) is 13.5. The fourth-order valence-corrected chi connectivity index (χ4v) is 3.40. The van der Waals surface area contributed by atoms with Gasteiger partial charge in [0.15, 0.2) is 0 Å². The number of β-amino-alcohol motifs (C(OH)–C–C–N with tert-alkyl or cyclic N) is 1. The first-order chi connectivity index (χ1) is 8.26. The number of hydrogen-bond acceptors (Lipinski definition) is 5. The molecule has 0 radical (unpaired) electrons. The smallest absolute Gasteiger partial charge is 0.140 e. The molecule has 1 saturated carbocycles. The summed E-state index contributed by atoms with van der Waals surface area (Å²) in [6.45, 7) is 1.44. The van der Waals surface area contributed by atoms with Gasteiger partial charge in [-0.15, -0.1) is 11.3 Å². The van der Waals surface area contributed by atoms with Crippen LogP contribution < -0.4 is 4.90 Å². The van der Waals surface area contributed by atoms with E-state index in [-0.39, 0.29) is 0 Å². The lowest BCUT2D eigenvalue weighted by Crippen LogP contribution is -2.63. The first-order valence-electron chi connectivity index (χ1n) is 5.92. The van der Waals surface area contributed by atoms with Gasteiger partial charge in [0.05, 0.1) is 18.5 Å². The molecule has 0 spiro atoms. The van der Waals surface area contributed by atoms with E-state index in [9.17, 15) is 5.11 Å². The quantitative estimate of drug-likeness (QED) is 0.876. The van der Waals surface area contributed by atoms with Gasteiger partial charge in [0.1, 0.15) is 22.6 Å². The standard InChI is InChI=1S/C12H13N3OS/c16-12(8-1-2-8)5-15(6-12)10-9-3-4-17-11(9)14-7-13-10/h3-4,7-8,16H,1-2,5-6H2. The van der Waals surface area contributed by atoms with Crippen molar-refractivity contribution in [1.82, 2.24) is 9.97 Å². The molecule has 0 atom stereocenters. The van der Waals surface area contributed by atoms with Crippen molar-refractivity contribution >= 4 is 27.4 Å². The summed E-state index contributed by atoms with van der Waals surface area (Å²) >= 11 is 1.63. The highest BCUT2D eigenvalue weighted by atomic mass is 32.1. The van der Waals surface area contributed by atoms with E-state index in [1.54, 1.807) is 17.7 Å². The number of aromatic nitrogens is 2. The van der Waals surface area contributed by atoms with E-state index in [1.165, 1.54) is 12.8 Å². The van der Waals surface area contributed by atoms with E-state index in [0.29, 0.717) is 5.92 Å². The largest absolute Gasteiger partial charge is 0.386 e. The maximum absolute atomic E-state index is 10.3. The fourth-order valence-electron chi connectivity index (χ4n) is 2.67. The topological polar surface area (TPSA) is 49.2 Å². The summed E-state index contributed by atoms with van der Waals surface area (Å²) < 4.78 is 0. The molecule has 3 heterocycles. The Morgan fingerprint density at radius 1 is 1.35 bits per heavy atom. The van der Waals surface area contributed by atoms with Gasteiger partial charge in [0.2, 0.25) is 0 Å². The zero-order chi connectivity index (χ0) is 11.5. The maximum atomic E-state index is 10.3. The van der Waals surface area contributed by atoms with Crippen LogP contribution in [0.15, 0.2) is 17.8 Å². The highest BCUT2D eigenvalue weighted by molar-refractivity contribution is 7.16. The van der Waals surface area contributed by atoms with E-state index < -0.39 is 5.60 Å². The van der Waals surface area contributed by atoms with Crippen molar-refractivity contribution in [2.75, 3.05) is 18.0 Å². The summed E-state index contributed by atoms with van der Waals surface area (Å²) in [5.41, 5.74) is -0.451. The zero-order valence-corrected chi connectivity index (χ0v) is 10.2. The van der Waals surface area contributed by atoms with Crippen molar-refractivity contribution in [2.45, 2.75) is 18.4 Å². The average molecular weight is 247 g/mol. The monoisotopic (exact) mass is 247 g/mol. The molecule has 2 aromatic rings. The van der Waals surface area contributed by atoms with Gasteiger partial charge in [0, 0.05) is 0 Å². The molecule has 0 aromatic carbocycles. The molecular weight excluding hydrogens is 234 g/mol. The van der Waals surface area contributed by atoms with Crippen LogP contribution in [0.3, 0.4) is 0 Å². The lowest BCUT2D eigenvalue weighted by Gasteiger charge is -2.47. The fraction of sp³-hybridized carbons (Fsp3) is 0.500. The van der Waals surface area contributed by atoms with Crippen molar-refractivity contribution in [3.63, 3.8) is 0 Å².